The van der Waals surface area contributed by atoms with Crippen LogP contribution in [0.25, 0.3) is 5.57 Å². The van der Waals surface area contributed by atoms with Crippen LogP contribution in [-0.2, 0) is 16.0 Å². The van der Waals surface area contributed by atoms with Crippen LogP contribution < -0.4 is 14.8 Å². The third-order valence-corrected chi connectivity index (χ3v) is 6.10. The van der Waals surface area contributed by atoms with Gasteiger partial charge in [0.1, 0.15) is 18.9 Å². The Hall–Kier alpha value is -4.06. The van der Waals surface area contributed by atoms with Gasteiger partial charge in [-0.15, -0.1) is 0 Å². The number of anilines is 1. The first-order valence-electron chi connectivity index (χ1n) is 11.4. The largest absolute Gasteiger partial charge is 0.486 e. The second-order valence-corrected chi connectivity index (χ2v) is 8.55. The molecule has 0 fully saturated rings. The van der Waals surface area contributed by atoms with Crippen molar-refractivity contribution >= 4 is 23.1 Å². The Morgan fingerprint density at radius 1 is 0.853 bits per heavy atom. The predicted octanol–water partition coefficient (Wildman–Crippen LogP) is 4.51. The molecule has 3 aromatic rings. The Morgan fingerprint density at radius 3 is 2.38 bits per heavy atom. The minimum Gasteiger partial charge on any atom is -0.486 e. The summed E-state index contributed by atoms with van der Waals surface area (Å²) in [7, 11) is 0. The van der Waals surface area contributed by atoms with Crippen LogP contribution in [0.3, 0.4) is 0 Å². The van der Waals surface area contributed by atoms with Gasteiger partial charge in [0, 0.05) is 18.3 Å². The number of benzene rings is 3. The lowest BCUT2D eigenvalue weighted by Gasteiger charge is -2.19. The first kappa shape index (κ1) is 21.8. The van der Waals surface area contributed by atoms with Crippen LogP contribution in [0.15, 0.2) is 72.4 Å². The van der Waals surface area contributed by atoms with Crippen LogP contribution in [0.2, 0.25) is 0 Å². The van der Waals surface area contributed by atoms with Gasteiger partial charge >= 0.3 is 0 Å². The van der Waals surface area contributed by atoms with Gasteiger partial charge < -0.3 is 14.8 Å². The highest BCUT2D eigenvalue weighted by Gasteiger charge is 2.39. The van der Waals surface area contributed by atoms with Gasteiger partial charge in [0.25, 0.3) is 11.8 Å². The predicted molar refractivity (Wildman–Crippen MR) is 131 cm³/mol. The monoisotopic (exact) mass is 454 g/mol. The molecular formula is C28H26N2O4. The fraction of sp³-hybridized carbons (Fsp3) is 0.214. The van der Waals surface area contributed by atoms with E-state index in [1.807, 2.05) is 74.5 Å². The van der Waals surface area contributed by atoms with Crippen molar-refractivity contribution in [3.8, 4) is 11.5 Å². The Bertz CT molecular complexity index is 1300. The molecule has 2 amide bonds. The maximum Gasteiger partial charge on any atom is 0.278 e. The molecule has 3 aromatic carbocycles. The number of rotatable bonds is 6. The summed E-state index contributed by atoms with van der Waals surface area (Å²) >= 11 is 0. The first-order valence-corrected chi connectivity index (χ1v) is 11.4. The second kappa shape index (κ2) is 9.06. The molecule has 0 spiro atoms. The number of nitrogens with one attached hydrogen (secondary N) is 1. The molecule has 0 aromatic heterocycles. The molecule has 0 aliphatic carbocycles. The van der Waals surface area contributed by atoms with E-state index in [-0.39, 0.29) is 17.5 Å². The molecule has 5 rings (SSSR count). The average Bonchev–Trinajstić information content (AvgIpc) is 3.07. The number of imide groups is 1. The van der Waals surface area contributed by atoms with Gasteiger partial charge in [-0.3, -0.25) is 14.5 Å². The standard InChI is InChI=1S/C28H26N2O4/c1-18-8-10-22(19(2)16-18)25-26(29-21-9-11-23-24(17-21)34-15-14-33-23)28(32)30(27(25)31)13-12-20-6-4-3-5-7-20/h3-11,16-17,29H,12-15H2,1-2H3. The van der Waals surface area contributed by atoms with Crippen LogP contribution in [-0.4, -0.2) is 36.5 Å². The van der Waals surface area contributed by atoms with Crippen molar-refractivity contribution in [3.63, 3.8) is 0 Å². The van der Waals surface area contributed by atoms with Gasteiger partial charge in [0.05, 0.1) is 5.57 Å². The fourth-order valence-corrected chi connectivity index (χ4v) is 4.39. The zero-order chi connectivity index (χ0) is 23.7. The number of hydrogen-bond donors (Lipinski definition) is 1. The molecule has 0 saturated carbocycles. The number of nitrogens with zero attached hydrogens (tertiary/aromatic N) is 1. The van der Waals surface area contributed by atoms with E-state index in [0.29, 0.717) is 48.9 Å². The lowest BCUT2D eigenvalue weighted by Crippen LogP contribution is -2.34. The minimum atomic E-state index is -0.328. The lowest BCUT2D eigenvalue weighted by molar-refractivity contribution is -0.136. The molecule has 6 nitrogen and oxygen atoms in total. The summed E-state index contributed by atoms with van der Waals surface area (Å²) in [6, 6.07) is 21.2. The summed E-state index contributed by atoms with van der Waals surface area (Å²) in [5.74, 6) is 0.667. The first-order chi connectivity index (χ1) is 16.5. The Kier molecular flexibility index (Phi) is 5.80. The van der Waals surface area contributed by atoms with Crippen molar-refractivity contribution in [3.05, 3.63) is 94.7 Å². The van der Waals surface area contributed by atoms with E-state index in [0.717, 1.165) is 22.3 Å². The summed E-state index contributed by atoms with van der Waals surface area (Å²) in [6.07, 6.45) is 0.593. The van der Waals surface area contributed by atoms with Gasteiger partial charge in [0.15, 0.2) is 11.5 Å². The van der Waals surface area contributed by atoms with E-state index in [2.05, 4.69) is 5.32 Å². The molecule has 0 saturated heterocycles. The molecule has 2 aliphatic rings. The quantitative estimate of drug-likeness (QED) is 0.555. The lowest BCUT2D eigenvalue weighted by atomic mass is 9.97. The summed E-state index contributed by atoms with van der Waals surface area (Å²) in [5.41, 5.74) is 5.21. The van der Waals surface area contributed by atoms with Crippen molar-refractivity contribution in [2.75, 3.05) is 25.1 Å². The summed E-state index contributed by atoms with van der Waals surface area (Å²) in [5, 5.41) is 3.22. The van der Waals surface area contributed by atoms with Gasteiger partial charge in [-0.05, 0) is 49.1 Å². The van der Waals surface area contributed by atoms with Crippen molar-refractivity contribution in [2.45, 2.75) is 20.3 Å². The molecule has 1 N–H and O–H groups in total. The van der Waals surface area contributed by atoms with E-state index in [1.54, 1.807) is 6.07 Å². The number of ether oxygens (including phenoxy) is 2. The third-order valence-electron chi connectivity index (χ3n) is 6.10. The van der Waals surface area contributed by atoms with E-state index in [4.69, 9.17) is 9.47 Å². The summed E-state index contributed by atoms with van der Waals surface area (Å²) < 4.78 is 11.3. The number of carbonyl (C=O) groups is 2. The molecule has 0 unspecified atom stereocenters. The topological polar surface area (TPSA) is 67.9 Å². The van der Waals surface area contributed by atoms with Gasteiger partial charge in [-0.2, -0.15) is 0 Å². The van der Waals surface area contributed by atoms with Crippen LogP contribution in [0.5, 0.6) is 11.5 Å². The molecular weight excluding hydrogens is 428 g/mol. The highest BCUT2D eigenvalue weighted by Crippen LogP contribution is 2.36. The van der Waals surface area contributed by atoms with Crippen LogP contribution in [0.1, 0.15) is 22.3 Å². The SMILES string of the molecule is Cc1ccc(C2=C(Nc3ccc4c(c3)OCCO4)C(=O)N(CCc3ccccc3)C2=O)c(C)c1. The maximum absolute atomic E-state index is 13.6. The number of carbonyl (C=O) groups excluding carboxylic acids is 2. The fourth-order valence-electron chi connectivity index (χ4n) is 4.39. The van der Waals surface area contributed by atoms with Crippen molar-refractivity contribution in [2.24, 2.45) is 0 Å². The zero-order valence-electron chi connectivity index (χ0n) is 19.3. The molecule has 0 atom stereocenters. The van der Waals surface area contributed by atoms with Crippen molar-refractivity contribution in [1.29, 1.82) is 0 Å². The minimum absolute atomic E-state index is 0.279. The van der Waals surface area contributed by atoms with Crippen LogP contribution in [0, 0.1) is 13.8 Å². The van der Waals surface area contributed by atoms with Gasteiger partial charge in [-0.1, -0.05) is 54.1 Å². The molecule has 172 valence electrons. The third kappa shape index (κ3) is 4.15. The second-order valence-electron chi connectivity index (χ2n) is 8.55. The van der Waals surface area contributed by atoms with E-state index in [9.17, 15) is 9.59 Å². The molecule has 0 bridgehead atoms. The average molecular weight is 455 g/mol. The van der Waals surface area contributed by atoms with Gasteiger partial charge in [-0.25, -0.2) is 0 Å². The molecule has 0 radical (unpaired) electrons. The van der Waals surface area contributed by atoms with Crippen LogP contribution in [0.4, 0.5) is 5.69 Å². The number of fused-ring (bicyclic) bond motifs is 1. The van der Waals surface area contributed by atoms with Crippen LogP contribution >= 0.6 is 0 Å². The summed E-state index contributed by atoms with van der Waals surface area (Å²) in [4.78, 5) is 28.4. The normalized spacial score (nSPS) is 15.2. The zero-order valence-corrected chi connectivity index (χ0v) is 19.3. The smallest absolute Gasteiger partial charge is 0.278 e. The number of amides is 2. The molecule has 2 aliphatic heterocycles. The Balaban J connectivity index is 1.50. The van der Waals surface area contributed by atoms with Gasteiger partial charge in [0.2, 0.25) is 0 Å². The maximum atomic E-state index is 13.6. The van der Waals surface area contributed by atoms with E-state index < -0.39 is 0 Å². The number of aryl methyl sites for hydroxylation is 2. The Labute approximate surface area is 198 Å². The number of hydrogen-bond acceptors (Lipinski definition) is 5. The molecule has 6 heteroatoms. The van der Waals surface area contributed by atoms with E-state index >= 15 is 0 Å². The van der Waals surface area contributed by atoms with E-state index in [1.165, 1.54) is 4.90 Å². The molecule has 34 heavy (non-hydrogen) atoms. The summed E-state index contributed by atoms with van der Waals surface area (Å²) in [6.45, 7) is 5.25. The highest BCUT2D eigenvalue weighted by molar-refractivity contribution is 6.36. The van der Waals surface area contributed by atoms with Crippen molar-refractivity contribution < 1.29 is 19.1 Å². The van der Waals surface area contributed by atoms with Crippen molar-refractivity contribution in [1.82, 2.24) is 4.90 Å². The molecule has 2 heterocycles. The highest BCUT2D eigenvalue weighted by atomic mass is 16.6. The Morgan fingerprint density at radius 2 is 1.62 bits per heavy atom.